The zero-order chi connectivity index (χ0) is 14.3. The summed E-state index contributed by atoms with van der Waals surface area (Å²) in [4.78, 5) is 16.8. The van der Waals surface area contributed by atoms with E-state index in [-0.39, 0.29) is 23.9 Å². The molecular weight excluding hydrogens is 300 g/mol. The second-order valence-electron chi connectivity index (χ2n) is 4.67. The van der Waals surface area contributed by atoms with Crippen LogP contribution in [-0.2, 0) is 38.0 Å². The van der Waals surface area contributed by atoms with Gasteiger partial charge in [-0.25, -0.2) is 13.4 Å². The van der Waals surface area contributed by atoms with Crippen molar-refractivity contribution in [2.24, 2.45) is 0 Å². The van der Waals surface area contributed by atoms with E-state index in [9.17, 15) is 13.2 Å². The molecule has 0 atom stereocenters. The van der Waals surface area contributed by atoms with Crippen LogP contribution in [0.5, 0.6) is 0 Å². The first kappa shape index (κ1) is 13.6. The van der Waals surface area contributed by atoms with Gasteiger partial charge in [0.05, 0.1) is 35.9 Å². The third kappa shape index (κ3) is 2.33. The number of carbonyl (C=O) groups is 1. The molecule has 3 rings (SSSR count). The highest BCUT2D eigenvalue weighted by Gasteiger charge is 2.27. The van der Waals surface area contributed by atoms with Crippen molar-refractivity contribution in [3.63, 3.8) is 0 Å². The standard InChI is InChI=1S/C12H14N2O4S2/c1-2-18-11(15)5-8-6-19-12-13-9-3-4-20(16,17)7-10(9)14(8)12/h6H,2-5,7H2,1H3. The Morgan fingerprint density at radius 1 is 1.55 bits per heavy atom. The van der Waals surface area contributed by atoms with Crippen LogP contribution in [0.1, 0.15) is 24.0 Å². The minimum atomic E-state index is -3.06. The summed E-state index contributed by atoms with van der Waals surface area (Å²) in [5.41, 5.74) is 2.28. The molecule has 0 saturated heterocycles. The number of carbonyl (C=O) groups excluding carboxylic acids is 1. The number of esters is 1. The number of nitrogens with zero attached hydrogens (tertiary/aromatic N) is 2. The van der Waals surface area contributed by atoms with E-state index in [1.165, 1.54) is 11.3 Å². The van der Waals surface area contributed by atoms with Crippen LogP contribution < -0.4 is 0 Å². The minimum absolute atomic E-state index is 0.00391. The molecular formula is C12H14N2O4S2. The number of ether oxygens (including phenoxy) is 1. The maximum absolute atomic E-state index is 11.8. The van der Waals surface area contributed by atoms with Crippen molar-refractivity contribution in [1.29, 1.82) is 0 Å². The number of imidazole rings is 1. The molecule has 1 aliphatic rings. The predicted molar refractivity (Wildman–Crippen MR) is 74.6 cm³/mol. The van der Waals surface area contributed by atoms with Crippen molar-refractivity contribution < 1.29 is 17.9 Å². The summed E-state index contributed by atoms with van der Waals surface area (Å²) >= 11 is 1.42. The molecule has 0 aliphatic carbocycles. The Labute approximate surface area is 120 Å². The van der Waals surface area contributed by atoms with Crippen molar-refractivity contribution in [2.75, 3.05) is 12.4 Å². The van der Waals surface area contributed by atoms with Gasteiger partial charge in [-0.15, -0.1) is 11.3 Å². The first-order valence-electron chi connectivity index (χ1n) is 6.33. The lowest BCUT2D eigenvalue weighted by Gasteiger charge is -2.12. The Morgan fingerprint density at radius 3 is 3.10 bits per heavy atom. The van der Waals surface area contributed by atoms with E-state index in [2.05, 4.69) is 4.98 Å². The topological polar surface area (TPSA) is 77.7 Å². The van der Waals surface area contributed by atoms with E-state index in [1.807, 2.05) is 5.38 Å². The number of sulfone groups is 1. The van der Waals surface area contributed by atoms with E-state index in [0.717, 1.165) is 16.3 Å². The molecule has 0 fully saturated rings. The first-order valence-corrected chi connectivity index (χ1v) is 9.03. The average Bonchev–Trinajstić information content (AvgIpc) is 2.89. The third-order valence-corrected chi connectivity index (χ3v) is 5.66. The second-order valence-corrected chi connectivity index (χ2v) is 7.69. The summed E-state index contributed by atoms with van der Waals surface area (Å²) in [7, 11) is -3.06. The first-order chi connectivity index (χ1) is 9.50. The van der Waals surface area contributed by atoms with Gasteiger partial charge in [-0.05, 0) is 6.92 Å². The lowest BCUT2D eigenvalue weighted by atomic mass is 10.2. The van der Waals surface area contributed by atoms with Crippen LogP contribution >= 0.6 is 11.3 Å². The molecule has 0 radical (unpaired) electrons. The van der Waals surface area contributed by atoms with E-state index >= 15 is 0 Å². The SMILES string of the molecule is CCOC(=O)Cc1csc2nc3c(n12)CS(=O)(=O)CC3. The molecule has 2 aromatic rings. The van der Waals surface area contributed by atoms with Crippen LogP contribution in [0, 0.1) is 0 Å². The summed E-state index contributed by atoms with van der Waals surface area (Å²) in [5, 5.41) is 1.83. The highest BCUT2D eigenvalue weighted by Crippen LogP contribution is 2.27. The van der Waals surface area contributed by atoms with E-state index in [1.54, 1.807) is 11.3 Å². The fourth-order valence-corrected chi connectivity index (χ4v) is 4.67. The smallest absolute Gasteiger partial charge is 0.311 e. The highest BCUT2D eigenvalue weighted by molar-refractivity contribution is 7.90. The average molecular weight is 314 g/mol. The second kappa shape index (κ2) is 4.85. The summed E-state index contributed by atoms with van der Waals surface area (Å²) in [6, 6.07) is 0. The van der Waals surface area contributed by atoms with Gasteiger partial charge >= 0.3 is 5.97 Å². The normalized spacial score (nSPS) is 17.1. The molecule has 0 N–H and O–H groups in total. The maximum Gasteiger partial charge on any atom is 0.311 e. The maximum atomic E-state index is 11.8. The molecule has 0 spiro atoms. The quantitative estimate of drug-likeness (QED) is 0.789. The molecule has 0 saturated carbocycles. The van der Waals surface area contributed by atoms with Crippen LogP contribution in [0.4, 0.5) is 0 Å². The molecule has 6 nitrogen and oxygen atoms in total. The van der Waals surface area contributed by atoms with Crippen LogP contribution in [0.3, 0.4) is 0 Å². The summed E-state index contributed by atoms with van der Waals surface area (Å²) < 4.78 is 30.3. The molecule has 2 aromatic heterocycles. The van der Waals surface area contributed by atoms with Crippen molar-refractivity contribution in [2.45, 2.75) is 25.5 Å². The summed E-state index contributed by atoms with van der Waals surface area (Å²) in [5.74, 6) is -0.165. The number of thiazole rings is 1. The molecule has 0 bridgehead atoms. The summed E-state index contributed by atoms with van der Waals surface area (Å²) in [6.07, 6.45) is 0.585. The monoisotopic (exact) mass is 314 g/mol. The lowest BCUT2D eigenvalue weighted by molar-refractivity contribution is -0.142. The van der Waals surface area contributed by atoms with Gasteiger partial charge in [-0.1, -0.05) is 0 Å². The largest absolute Gasteiger partial charge is 0.466 e. The van der Waals surface area contributed by atoms with Crippen molar-refractivity contribution in [3.8, 4) is 0 Å². The van der Waals surface area contributed by atoms with Crippen molar-refractivity contribution in [3.05, 3.63) is 22.5 Å². The molecule has 0 aromatic carbocycles. The molecule has 1 aliphatic heterocycles. The van der Waals surface area contributed by atoms with E-state index in [0.29, 0.717) is 18.7 Å². The van der Waals surface area contributed by atoms with Crippen molar-refractivity contribution in [1.82, 2.24) is 9.38 Å². The zero-order valence-corrected chi connectivity index (χ0v) is 12.6. The molecule has 108 valence electrons. The predicted octanol–water partition coefficient (Wildman–Crippen LogP) is 0.972. The van der Waals surface area contributed by atoms with Gasteiger partial charge < -0.3 is 4.74 Å². The Hall–Kier alpha value is -1.41. The van der Waals surface area contributed by atoms with Gasteiger partial charge in [0.2, 0.25) is 0 Å². The van der Waals surface area contributed by atoms with Gasteiger partial charge in [0.15, 0.2) is 14.8 Å². The number of fused-ring (bicyclic) bond motifs is 3. The highest BCUT2D eigenvalue weighted by atomic mass is 32.2. The van der Waals surface area contributed by atoms with E-state index < -0.39 is 9.84 Å². The third-order valence-electron chi connectivity index (χ3n) is 3.25. The van der Waals surface area contributed by atoms with Gasteiger partial charge in [-0.2, -0.15) is 0 Å². The fourth-order valence-electron chi connectivity index (χ4n) is 2.38. The Bertz CT molecular complexity index is 773. The zero-order valence-electron chi connectivity index (χ0n) is 11.0. The number of hydrogen-bond acceptors (Lipinski definition) is 6. The number of aromatic nitrogens is 2. The number of hydrogen-bond donors (Lipinski definition) is 0. The Balaban J connectivity index is 2.03. The molecule has 3 heterocycles. The minimum Gasteiger partial charge on any atom is -0.466 e. The van der Waals surface area contributed by atoms with Crippen LogP contribution in [-0.4, -0.2) is 36.1 Å². The molecule has 20 heavy (non-hydrogen) atoms. The van der Waals surface area contributed by atoms with Crippen LogP contribution in [0.25, 0.3) is 4.96 Å². The van der Waals surface area contributed by atoms with Gasteiger partial charge in [0.1, 0.15) is 0 Å². The Morgan fingerprint density at radius 2 is 2.35 bits per heavy atom. The number of aryl methyl sites for hydroxylation is 1. The van der Waals surface area contributed by atoms with E-state index in [4.69, 9.17) is 4.74 Å². The molecule has 8 heteroatoms. The summed E-state index contributed by atoms with van der Waals surface area (Å²) in [6.45, 7) is 2.09. The molecule has 0 unspecified atom stereocenters. The van der Waals surface area contributed by atoms with Gasteiger partial charge in [0, 0.05) is 17.5 Å². The van der Waals surface area contributed by atoms with Crippen LogP contribution in [0.15, 0.2) is 5.38 Å². The fraction of sp³-hybridized carbons (Fsp3) is 0.500. The van der Waals surface area contributed by atoms with Crippen LogP contribution in [0.2, 0.25) is 0 Å². The number of rotatable bonds is 3. The molecule has 0 amide bonds. The Kier molecular flexibility index (Phi) is 3.29. The van der Waals surface area contributed by atoms with Gasteiger partial charge in [-0.3, -0.25) is 9.20 Å². The lowest BCUT2D eigenvalue weighted by Crippen LogP contribution is -2.20. The van der Waals surface area contributed by atoms with Gasteiger partial charge in [0.25, 0.3) is 0 Å². The van der Waals surface area contributed by atoms with Crippen molar-refractivity contribution >= 4 is 32.1 Å².